The fraction of sp³-hybridized carbons (Fsp3) is 0.333. The summed E-state index contributed by atoms with van der Waals surface area (Å²) in [5.74, 6) is -0.0458. The quantitative estimate of drug-likeness (QED) is 0.749. The number of nitrogens with one attached hydrogen (secondary N) is 2. The molecule has 17 heavy (non-hydrogen) atoms. The first-order valence-electron chi connectivity index (χ1n) is 5.57. The Labute approximate surface area is 99.4 Å². The zero-order valence-electron chi connectivity index (χ0n) is 9.90. The van der Waals surface area contributed by atoms with Crippen LogP contribution in [0.25, 0.3) is 10.9 Å². The Morgan fingerprint density at radius 3 is 2.94 bits per heavy atom. The summed E-state index contributed by atoms with van der Waals surface area (Å²) in [4.78, 5) is 11.8. The van der Waals surface area contributed by atoms with Crippen molar-refractivity contribution in [3.8, 4) is 0 Å². The van der Waals surface area contributed by atoms with Crippen molar-refractivity contribution in [2.75, 3.05) is 5.32 Å². The van der Waals surface area contributed by atoms with Crippen LogP contribution in [0.1, 0.15) is 13.8 Å². The van der Waals surface area contributed by atoms with Crippen LogP contribution in [0.15, 0.2) is 24.4 Å². The number of rotatable bonds is 3. The van der Waals surface area contributed by atoms with Crippen LogP contribution in [0, 0.1) is 5.92 Å². The van der Waals surface area contributed by atoms with Crippen LogP contribution in [-0.4, -0.2) is 22.1 Å². The van der Waals surface area contributed by atoms with Crippen LogP contribution < -0.4 is 11.1 Å². The zero-order valence-corrected chi connectivity index (χ0v) is 9.90. The lowest BCUT2D eigenvalue weighted by Gasteiger charge is -2.15. The largest absolute Gasteiger partial charge is 0.325 e. The fourth-order valence-electron chi connectivity index (χ4n) is 1.55. The first-order chi connectivity index (χ1) is 8.08. The molecule has 5 heteroatoms. The minimum absolute atomic E-state index is 0.118. The second-order valence-electron chi connectivity index (χ2n) is 4.43. The van der Waals surface area contributed by atoms with Gasteiger partial charge in [0.2, 0.25) is 5.91 Å². The van der Waals surface area contributed by atoms with E-state index >= 15 is 0 Å². The van der Waals surface area contributed by atoms with Gasteiger partial charge in [-0.05, 0) is 24.1 Å². The number of aromatic nitrogens is 2. The van der Waals surface area contributed by atoms with Gasteiger partial charge in [-0.2, -0.15) is 5.10 Å². The predicted octanol–water partition coefficient (Wildman–Crippen LogP) is 1.48. The van der Waals surface area contributed by atoms with Crippen molar-refractivity contribution in [1.82, 2.24) is 10.2 Å². The number of anilines is 1. The first kappa shape index (κ1) is 11.6. The molecule has 4 N–H and O–H groups in total. The maximum Gasteiger partial charge on any atom is 0.241 e. The number of H-pyrrole nitrogens is 1. The Bertz CT molecular complexity index is 532. The molecule has 0 aliphatic rings. The second-order valence-corrected chi connectivity index (χ2v) is 4.43. The van der Waals surface area contributed by atoms with Crippen LogP contribution in [-0.2, 0) is 4.79 Å². The van der Waals surface area contributed by atoms with Gasteiger partial charge in [0.05, 0.1) is 17.8 Å². The fourth-order valence-corrected chi connectivity index (χ4v) is 1.55. The van der Waals surface area contributed by atoms with Crippen LogP contribution in [0.4, 0.5) is 5.69 Å². The Morgan fingerprint density at radius 1 is 1.47 bits per heavy atom. The molecule has 0 spiro atoms. The van der Waals surface area contributed by atoms with Crippen molar-refractivity contribution in [1.29, 1.82) is 0 Å². The van der Waals surface area contributed by atoms with Gasteiger partial charge in [-0.1, -0.05) is 13.8 Å². The average Bonchev–Trinajstić information content (AvgIpc) is 2.74. The number of carbonyl (C=O) groups is 1. The van der Waals surface area contributed by atoms with Crippen LogP contribution in [0.2, 0.25) is 0 Å². The topological polar surface area (TPSA) is 83.8 Å². The van der Waals surface area contributed by atoms with Gasteiger partial charge in [0.15, 0.2) is 0 Å². The maximum absolute atomic E-state index is 11.8. The van der Waals surface area contributed by atoms with Gasteiger partial charge in [-0.15, -0.1) is 0 Å². The highest BCUT2D eigenvalue weighted by molar-refractivity contribution is 5.96. The van der Waals surface area contributed by atoms with Gasteiger partial charge >= 0.3 is 0 Å². The number of fused-ring (bicyclic) bond motifs is 1. The molecule has 5 nitrogen and oxygen atoms in total. The minimum atomic E-state index is -0.491. The molecular weight excluding hydrogens is 216 g/mol. The van der Waals surface area contributed by atoms with Gasteiger partial charge in [0.25, 0.3) is 0 Å². The molecule has 90 valence electrons. The lowest BCUT2D eigenvalue weighted by atomic mass is 10.0. The van der Waals surface area contributed by atoms with Crippen LogP contribution in [0.5, 0.6) is 0 Å². The van der Waals surface area contributed by atoms with Crippen molar-refractivity contribution in [2.24, 2.45) is 11.7 Å². The number of benzene rings is 1. The normalized spacial score (nSPS) is 12.9. The lowest BCUT2D eigenvalue weighted by molar-refractivity contribution is -0.118. The summed E-state index contributed by atoms with van der Waals surface area (Å²) >= 11 is 0. The van der Waals surface area contributed by atoms with E-state index in [4.69, 9.17) is 5.73 Å². The van der Waals surface area contributed by atoms with Crippen molar-refractivity contribution < 1.29 is 4.79 Å². The summed E-state index contributed by atoms with van der Waals surface area (Å²) in [6.07, 6.45) is 1.72. The van der Waals surface area contributed by atoms with Gasteiger partial charge in [-0.3, -0.25) is 9.89 Å². The molecule has 1 atom stereocenters. The molecule has 1 aromatic heterocycles. The molecule has 0 aliphatic heterocycles. The Hall–Kier alpha value is -1.88. The van der Waals surface area contributed by atoms with E-state index in [1.807, 2.05) is 32.0 Å². The lowest BCUT2D eigenvalue weighted by Crippen LogP contribution is -2.39. The van der Waals surface area contributed by atoms with Gasteiger partial charge in [0, 0.05) is 11.1 Å². The monoisotopic (exact) mass is 232 g/mol. The van der Waals surface area contributed by atoms with Crippen LogP contribution in [0.3, 0.4) is 0 Å². The Kier molecular flexibility index (Phi) is 3.10. The number of amides is 1. The number of aromatic amines is 1. The van der Waals surface area contributed by atoms with E-state index in [1.54, 1.807) is 6.20 Å². The number of hydrogen-bond donors (Lipinski definition) is 3. The predicted molar refractivity (Wildman–Crippen MR) is 67.5 cm³/mol. The second kappa shape index (κ2) is 4.55. The smallest absolute Gasteiger partial charge is 0.241 e. The van der Waals surface area contributed by atoms with Gasteiger partial charge in [-0.25, -0.2) is 0 Å². The van der Waals surface area contributed by atoms with Crippen LogP contribution >= 0.6 is 0 Å². The number of nitrogens with two attached hydrogens (primary N) is 1. The van der Waals surface area contributed by atoms with Crippen molar-refractivity contribution in [3.63, 3.8) is 0 Å². The van der Waals surface area contributed by atoms with Crippen molar-refractivity contribution >= 4 is 22.5 Å². The summed E-state index contributed by atoms with van der Waals surface area (Å²) in [5, 5.41) is 10.5. The minimum Gasteiger partial charge on any atom is -0.325 e. The highest BCUT2D eigenvalue weighted by Gasteiger charge is 2.17. The summed E-state index contributed by atoms with van der Waals surface area (Å²) in [6.45, 7) is 3.84. The third-order valence-electron chi connectivity index (χ3n) is 2.73. The first-order valence-corrected chi connectivity index (χ1v) is 5.57. The standard InChI is InChI=1S/C12H16N4O/c1-7(2)11(13)12(17)15-9-3-4-10-8(5-9)6-14-16-10/h3-7,11H,13H2,1-2H3,(H,14,16)(H,15,17)/t11-/m0/s1. The highest BCUT2D eigenvalue weighted by Crippen LogP contribution is 2.17. The van der Waals surface area contributed by atoms with E-state index < -0.39 is 6.04 Å². The molecule has 0 saturated heterocycles. The molecule has 2 rings (SSSR count). The Morgan fingerprint density at radius 2 is 2.24 bits per heavy atom. The average molecular weight is 232 g/mol. The summed E-state index contributed by atoms with van der Waals surface area (Å²) < 4.78 is 0. The van der Waals surface area contributed by atoms with Crippen molar-refractivity contribution in [3.05, 3.63) is 24.4 Å². The summed E-state index contributed by atoms with van der Waals surface area (Å²) in [7, 11) is 0. The van der Waals surface area contributed by atoms with E-state index in [-0.39, 0.29) is 11.8 Å². The molecule has 0 aliphatic carbocycles. The SMILES string of the molecule is CC(C)[C@H](N)C(=O)Nc1ccc2[nH]ncc2c1. The summed E-state index contributed by atoms with van der Waals surface area (Å²) in [6, 6.07) is 5.07. The molecule has 1 heterocycles. The number of hydrogen-bond acceptors (Lipinski definition) is 3. The van der Waals surface area contributed by atoms with E-state index in [0.29, 0.717) is 0 Å². The molecule has 0 bridgehead atoms. The third-order valence-corrected chi connectivity index (χ3v) is 2.73. The molecule has 0 saturated carbocycles. The van der Waals surface area contributed by atoms with E-state index in [9.17, 15) is 4.79 Å². The maximum atomic E-state index is 11.8. The van der Waals surface area contributed by atoms with E-state index in [0.717, 1.165) is 16.6 Å². The third kappa shape index (κ3) is 2.45. The number of carbonyl (C=O) groups excluding carboxylic acids is 1. The van der Waals surface area contributed by atoms with E-state index in [2.05, 4.69) is 15.5 Å². The number of nitrogens with zero attached hydrogens (tertiary/aromatic N) is 1. The molecule has 0 radical (unpaired) electrons. The zero-order chi connectivity index (χ0) is 12.4. The van der Waals surface area contributed by atoms with Gasteiger partial charge in [0.1, 0.15) is 0 Å². The highest BCUT2D eigenvalue weighted by atomic mass is 16.2. The van der Waals surface area contributed by atoms with Crippen molar-refractivity contribution in [2.45, 2.75) is 19.9 Å². The molecule has 0 fully saturated rings. The molecule has 1 aromatic carbocycles. The molecule has 0 unspecified atom stereocenters. The van der Waals surface area contributed by atoms with E-state index in [1.165, 1.54) is 0 Å². The molecular formula is C12H16N4O. The molecule has 1 amide bonds. The molecule has 2 aromatic rings. The van der Waals surface area contributed by atoms with Gasteiger partial charge < -0.3 is 11.1 Å². The Balaban J connectivity index is 2.15. The summed E-state index contributed by atoms with van der Waals surface area (Å²) in [5.41, 5.74) is 7.45.